The van der Waals surface area contributed by atoms with Crippen LogP contribution in [0, 0.1) is 0 Å². The minimum Gasteiger partial charge on any atom is -0.345 e. The molecule has 1 rings (SSSR count). The summed E-state index contributed by atoms with van der Waals surface area (Å²) in [6.07, 6.45) is 0. The number of aromatic nitrogens is 4. The summed E-state index contributed by atoms with van der Waals surface area (Å²) in [6, 6.07) is 0. The lowest BCUT2D eigenvalue weighted by Crippen LogP contribution is -2.38. The van der Waals surface area contributed by atoms with E-state index in [2.05, 4.69) is 25.9 Å². The molecule has 1 heterocycles. The standard InChI is InChI=1S/C7H12N6O2/c1-3-13(2)5(14)4-8-7(15)6-9-11-12-10-6/h3-4H2,1-2H3,(H,8,15)(H,9,10,11,12). The van der Waals surface area contributed by atoms with E-state index >= 15 is 0 Å². The molecule has 0 aliphatic rings. The Morgan fingerprint density at radius 1 is 1.53 bits per heavy atom. The summed E-state index contributed by atoms with van der Waals surface area (Å²) in [4.78, 5) is 24.0. The van der Waals surface area contributed by atoms with Gasteiger partial charge < -0.3 is 10.2 Å². The minimum absolute atomic E-state index is 0.0717. The van der Waals surface area contributed by atoms with E-state index in [0.717, 1.165) is 0 Å². The Bertz CT molecular complexity index is 335. The van der Waals surface area contributed by atoms with Crippen LogP contribution >= 0.6 is 0 Å². The van der Waals surface area contributed by atoms with Crippen molar-refractivity contribution < 1.29 is 9.59 Å². The lowest BCUT2D eigenvalue weighted by atomic mass is 10.4. The zero-order chi connectivity index (χ0) is 11.3. The highest BCUT2D eigenvalue weighted by atomic mass is 16.2. The lowest BCUT2D eigenvalue weighted by molar-refractivity contribution is -0.128. The highest BCUT2D eigenvalue weighted by Gasteiger charge is 2.13. The van der Waals surface area contributed by atoms with Gasteiger partial charge in [-0.2, -0.15) is 5.21 Å². The third-order valence-electron chi connectivity index (χ3n) is 1.85. The number of nitrogens with one attached hydrogen (secondary N) is 2. The first-order valence-electron chi connectivity index (χ1n) is 4.40. The zero-order valence-corrected chi connectivity index (χ0v) is 8.52. The Labute approximate surface area is 86.0 Å². The Balaban J connectivity index is 2.38. The number of hydrogen-bond donors (Lipinski definition) is 2. The molecule has 0 unspecified atom stereocenters. The number of carbonyl (C=O) groups is 2. The molecule has 0 spiro atoms. The molecule has 1 aromatic rings. The van der Waals surface area contributed by atoms with Crippen LogP contribution in [0.3, 0.4) is 0 Å². The summed E-state index contributed by atoms with van der Waals surface area (Å²) in [5.41, 5.74) is 0. The van der Waals surface area contributed by atoms with Crippen LogP contribution in [0.1, 0.15) is 17.5 Å². The zero-order valence-electron chi connectivity index (χ0n) is 8.52. The highest BCUT2D eigenvalue weighted by Crippen LogP contribution is 1.85. The number of H-pyrrole nitrogens is 1. The van der Waals surface area contributed by atoms with E-state index < -0.39 is 5.91 Å². The van der Waals surface area contributed by atoms with Gasteiger partial charge in [0.05, 0.1) is 6.54 Å². The monoisotopic (exact) mass is 212 g/mol. The fourth-order valence-electron chi connectivity index (χ4n) is 0.804. The summed E-state index contributed by atoms with van der Waals surface area (Å²) in [6.45, 7) is 2.37. The van der Waals surface area contributed by atoms with Crippen molar-refractivity contribution in [3.05, 3.63) is 5.82 Å². The molecule has 82 valence electrons. The molecule has 2 N–H and O–H groups in total. The van der Waals surface area contributed by atoms with Crippen LogP contribution in [0.4, 0.5) is 0 Å². The Kier molecular flexibility index (Phi) is 3.72. The Hall–Kier alpha value is -1.99. The van der Waals surface area contributed by atoms with Crippen LogP contribution < -0.4 is 5.32 Å². The third-order valence-corrected chi connectivity index (χ3v) is 1.85. The molecule has 0 radical (unpaired) electrons. The second-order valence-electron chi connectivity index (χ2n) is 2.83. The number of amides is 2. The molecule has 15 heavy (non-hydrogen) atoms. The van der Waals surface area contributed by atoms with Crippen molar-refractivity contribution in [1.29, 1.82) is 0 Å². The largest absolute Gasteiger partial charge is 0.345 e. The molecule has 0 atom stereocenters. The molecular weight excluding hydrogens is 200 g/mol. The van der Waals surface area contributed by atoms with Crippen molar-refractivity contribution in [2.75, 3.05) is 20.1 Å². The molecule has 1 aromatic heterocycles. The Morgan fingerprint density at radius 2 is 2.27 bits per heavy atom. The van der Waals surface area contributed by atoms with E-state index in [1.807, 2.05) is 6.92 Å². The first-order valence-corrected chi connectivity index (χ1v) is 4.40. The van der Waals surface area contributed by atoms with Gasteiger partial charge in [0.2, 0.25) is 5.91 Å². The van der Waals surface area contributed by atoms with Crippen molar-refractivity contribution in [3.8, 4) is 0 Å². The summed E-state index contributed by atoms with van der Waals surface area (Å²) >= 11 is 0. The number of carbonyl (C=O) groups excluding carboxylic acids is 2. The molecule has 0 aliphatic carbocycles. The predicted octanol–water partition coefficient (Wildman–Crippen LogP) is -1.59. The quantitative estimate of drug-likeness (QED) is 0.626. The Morgan fingerprint density at radius 3 is 2.80 bits per heavy atom. The van der Waals surface area contributed by atoms with E-state index in [0.29, 0.717) is 6.54 Å². The first kappa shape index (κ1) is 11.1. The van der Waals surface area contributed by atoms with E-state index in [9.17, 15) is 9.59 Å². The molecule has 0 aliphatic heterocycles. The first-order chi connectivity index (χ1) is 7.15. The molecule has 0 saturated carbocycles. The number of likely N-dealkylation sites (N-methyl/N-ethyl adjacent to an activating group) is 1. The molecule has 2 amide bonds. The average molecular weight is 212 g/mol. The van der Waals surface area contributed by atoms with Gasteiger partial charge in [0, 0.05) is 13.6 Å². The van der Waals surface area contributed by atoms with Crippen molar-refractivity contribution in [2.24, 2.45) is 0 Å². The van der Waals surface area contributed by atoms with Gasteiger partial charge in [-0.05, 0) is 12.1 Å². The van der Waals surface area contributed by atoms with Crippen molar-refractivity contribution >= 4 is 11.8 Å². The van der Waals surface area contributed by atoms with Gasteiger partial charge in [-0.1, -0.05) is 0 Å². The van der Waals surface area contributed by atoms with Crippen molar-refractivity contribution in [2.45, 2.75) is 6.92 Å². The van der Waals surface area contributed by atoms with E-state index in [1.54, 1.807) is 7.05 Å². The summed E-state index contributed by atoms with van der Waals surface area (Å²) in [7, 11) is 1.66. The fraction of sp³-hybridized carbons (Fsp3) is 0.571. The molecule has 0 aromatic carbocycles. The molecule has 8 heteroatoms. The van der Waals surface area contributed by atoms with Gasteiger partial charge in [-0.25, -0.2) is 0 Å². The normalized spacial score (nSPS) is 9.73. The van der Waals surface area contributed by atoms with Crippen molar-refractivity contribution in [1.82, 2.24) is 30.8 Å². The molecular formula is C7H12N6O2. The molecule has 8 nitrogen and oxygen atoms in total. The minimum atomic E-state index is -0.526. The highest BCUT2D eigenvalue weighted by molar-refractivity contribution is 5.93. The van der Waals surface area contributed by atoms with Gasteiger partial charge in [0.15, 0.2) is 0 Å². The number of nitrogens with zero attached hydrogens (tertiary/aromatic N) is 4. The van der Waals surface area contributed by atoms with Crippen LogP contribution in [0.2, 0.25) is 0 Å². The maximum absolute atomic E-state index is 11.3. The fourth-order valence-corrected chi connectivity index (χ4v) is 0.804. The van der Waals surface area contributed by atoms with Crippen LogP contribution in [0.5, 0.6) is 0 Å². The third kappa shape index (κ3) is 3.01. The summed E-state index contributed by atoms with van der Waals surface area (Å²) in [5, 5.41) is 14.7. The SMILES string of the molecule is CCN(C)C(=O)CNC(=O)c1nn[nH]n1. The number of rotatable bonds is 4. The predicted molar refractivity (Wildman–Crippen MR) is 49.8 cm³/mol. The second kappa shape index (κ2) is 5.03. The summed E-state index contributed by atoms with van der Waals surface area (Å²) in [5.74, 6) is -0.780. The smallest absolute Gasteiger partial charge is 0.293 e. The van der Waals surface area contributed by atoms with E-state index in [1.165, 1.54) is 4.90 Å². The maximum atomic E-state index is 11.3. The van der Waals surface area contributed by atoms with Gasteiger partial charge in [0.25, 0.3) is 11.7 Å². The topological polar surface area (TPSA) is 104 Å². The van der Waals surface area contributed by atoms with Gasteiger partial charge in [0.1, 0.15) is 0 Å². The maximum Gasteiger partial charge on any atom is 0.293 e. The number of tetrazole rings is 1. The molecule has 0 saturated heterocycles. The van der Waals surface area contributed by atoms with Crippen molar-refractivity contribution in [3.63, 3.8) is 0 Å². The summed E-state index contributed by atoms with van der Waals surface area (Å²) < 4.78 is 0. The lowest BCUT2D eigenvalue weighted by Gasteiger charge is -2.13. The van der Waals surface area contributed by atoms with Gasteiger partial charge in [-0.15, -0.1) is 10.2 Å². The average Bonchev–Trinajstić information content (AvgIpc) is 2.77. The van der Waals surface area contributed by atoms with E-state index in [-0.39, 0.29) is 18.3 Å². The molecule has 0 bridgehead atoms. The van der Waals surface area contributed by atoms with Crippen LogP contribution in [0.25, 0.3) is 0 Å². The van der Waals surface area contributed by atoms with E-state index in [4.69, 9.17) is 0 Å². The van der Waals surface area contributed by atoms with Crippen LogP contribution in [-0.4, -0.2) is 57.5 Å². The van der Waals surface area contributed by atoms with Gasteiger partial charge in [-0.3, -0.25) is 9.59 Å². The molecule has 0 fully saturated rings. The number of hydrogen-bond acceptors (Lipinski definition) is 5. The van der Waals surface area contributed by atoms with Gasteiger partial charge >= 0.3 is 0 Å². The van der Waals surface area contributed by atoms with Crippen LogP contribution in [-0.2, 0) is 4.79 Å². The van der Waals surface area contributed by atoms with Crippen LogP contribution in [0.15, 0.2) is 0 Å². The number of aromatic amines is 1. The second-order valence-corrected chi connectivity index (χ2v) is 2.83.